The first-order chi connectivity index (χ1) is 7.65. The molecule has 4 nitrogen and oxygen atoms in total. The zero-order valence-corrected chi connectivity index (χ0v) is 9.27. The summed E-state index contributed by atoms with van der Waals surface area (Å²) in [6, 6.07) is 5.52. The number of benzene rings is 1. The van der Waals surface area contributed by atoms with Crippen molar-refractivity contribution in [3.63, 3.8) is 0 Å². The van der Waals surface area contributed by atoms with Crippen LogP contribution in [0, 0.1) is 0 Å². The maximum atomic E-state index is 10.4. The van der Waals surface area contributed by atoms with Gasteiger partial charge in [-0.2, -0.15) is 0 Å². The topological polar surface area (TPSA) is 49.8 Å². The van der Waals surface area contributed by atoms with E-state index in [1.54, 1.807) is 6.07 Å². The SMILES string of the molecule is CN1CCc2ccc(OC(=O)O)cc2CC1. The monoisotopic (exact) mass is 221 g/mol. The molecular formula is C12H15NO3. The van der Waals surface area contributed by atoms with Gasteiger partial charge in [0.1, 0.15) is 5.75 Å². The van der Waals surface area contributed by atoms with Gasteiger partial charge in [0.15, 0.2) is 0 Å². The first kappa shape index (κ1) is 11.0. The lowest BCUT2D eigenvalue weighted by atomic mass is 10.0. The van der Waals surface area contributed by atoms with Gasteiger partial charge in [-0.3, -0.25) is 0 Å². The van der Waals surface area contributed by atoms with Crippen molar-refractivity contribution in [2.45, 2.75) is 12.8 Å². The van der Waals surface area contributed by atoms with Crippen LogP contribution in [0.4, 0.5) is 4.79 Å². The summed E-state index contributed by atoms with van der Waals surface area (Å²) in [7, 11) is 2.10. The van der Waals surface area contributed by atoms with Gasteiger partial charge >= 0.3 is 6.16 Å². The normalized spacial score (nSPS) is 16.3. The molecule has 16 heavy (non-hydrogen) atoms. The Balaban J connectivity index is 2.21. The lowest BCUT2D eigenvalue weighted by molar-refractivity contribution is 0.144. The zero-order valence-electron chi connectivity index (χ0n) is 9.27. The van der Waals surface area contributed by atoms with Gasteiger partial charge in [-0.25, -0.2) is 4.79 Å². The minimum absolute atomic E-state index is 0.413. The van der Waals surface area contributed by atoms with Crippen molar-refractivity contribution in [3.05, 3.63) is 29.3 Å². The number of likely N-dealkylation sites (N-methyl/N-ethyl adjacent to an activating group) is 1. The molecule has 0 unspecified atom stereocenters. The van der Waals surface area contributed by atoms with Crippen molar-refractivity contribution in [2.75, 3.05) is 20.1 Å². The number of fused-ring (bicyclic) bond motifs is 1. The average Bonchev–Trinajstić information content (AvgIpc) is 2.40. The van der Waals surface area contributed by atoms with Crippen LogP contribution in [0.2, 0.25) is 0 Å². The zero-order chi connectivity index (χ0) is 11.5. The van der Waals surface area contributed by atoms with Crippen LogP contribution in [-0.4, -0.2) is 36.3 Å². The Hall–Kier alpha value is -1.55. The van der Waals surface area contributed by atoms with E-state index in [2.05, 4.69) is 16.7 Å². The Morgan fingerprint density at radius 3 is 2.69 bits per heavy atom. The van der Waals surface area contributed by atoms with Crippen LogP contribution in [0.3, 0.4) is 0 Å². The second-order valence-corrected chi connectivity index (χ2v) is 4.10. The molecule has 0 amide bonds. The van der Waals surface area contributed by atoms with Crippen molar-refractivity contribution in [1.82, 2.24) is 4.90 Å². The molecule has 4 heteroatoms. The summed E-state index contributed by atoms with van der Waals surface area (Å²) in [5, 5.41) is 8.54. The third-order valence-electron chi connectivity index (χ3n) is 2.91. The van der Waals surface area contributed by atoms with E-state index in [0.29, 0.717) is 5.75 Å². The fourth-order valence-corrected chi connectivity index (χ4v) is 1.98. The van der Waals surface area contributed by atoms with E-state index in [4.69, 9.17) is 5.11 Å². The molecule has 1 N–H and O–H groups in total. The number of hydrogen-bond donors (Lipinski definition) is 1. The van der Waals surface area contributed by atoms with E-state index >= 15 is 0 Å². The minimum Gasteiger partial charge on any atom is -0.449 e. The van der Waals surface area contributed by atoms with Gasteiger partial charge in [0.05, 0.1) is 0 Å². The highest BCUT2D eigenvalue weighted by atomic mass is 16.7. The van der Waals surface area contributed by atoms with E-state index in [9.17, 15) is 4.79 Å². The fourth-order valence-electron chi connectivity index (χ4n) is 1.98. The van der Waals surface area contributed by atoms with Crippen molar-refractivity contribution in [2.24, 2.45) is 0 Å². The molecule has 0 fully saturated rings. The van der Waals surface area contributed by atoms with Crippen LogP contribution in [0.15, 0.2) is 18.2 Å². The molecule has 0 bridgehead atoms. The summed E-state index contributed by atoms with van der Waals surface area (Å²) < 4.78 is 4.65. The van der Waals surface area contributed by atoms with Crippen molar-refractivity contribution < 1.29 is 14.6 Å². The third kappa shape index (κ3) is 2.52. The van der Waals surface area contributed by atoms with Crippen molar-refractivity contribution in [1.29, 1.82) is 0 Å². The summed E-state index contributed by atoms with van der Waals surface area (Å²) in [6.07, 6.45) is 0.702. The summed E-state index contributed by atoms with van der Waals surface area (Å²) in [4.78, 5) is 12.7. The predicted molar refractivity (Wildman–Crippen MR) is 60.0 cm³/mol. The van der Waals surface area contributed by atoms with E-state index in [-0.39, 0.29) is 0 Å². The number of carbonyl (C=O) groups is 1. The van der Waals surface area contributed by atoms with Gasteiger partial charge in [-0.05, 0) is 43.1 Å². The molecular weight excluding hydrogens is 206 g/mol. The maximum absolute atomic E-state index is 10.4. The van der Waals surface area contributed by atoms with Crippen LogP contribution < -0.4 is 4.74 Å². The van der Waals surface area contributed by atoms with E-state index in [0.717, 1.165) is 25.9 Å². The fraction of sp³-hybridized carbons (Fsp3) is 0.417. The molecule has 0 saturated carbocycles. The van der Waals surface area contributed by atoms with Gasteiger partial charge in [-0.15, -0.1) is 0 Å². The Morgan fingerprint density at radius 1 is 1.31 bits per heavy atom. The second kappa shape index (κ2) is 4.53. The molecule has 86 valence electrons. The second-order valence-electron chi connectivity index (χ2n) is 4.10. The lowest BCUT2D eigenvalue weighted by Crippen LogP contribution is -2.20. The minimum atomic E-state index is -1.26. The third-order valence-corrected chi connectivity index (χ3v) is 2.91. The molecule has 0 saturated heterocycles. The highest BCUT2D eigenvalue weighted by molar-refractivity contribution is 5.61. The van der Waals surface area contributed by atoms with Crippen LogP contribution in [0.1, 0.15) is 11.1 Å². The Labute approximate surface area is 94.4 Å². The maximum Gasteiger partial charge on any atom is 0.511 e. The summed E-state index contributed by atoms with van der Waals surface area (Å²) in [5.41, 5.74) is 2.49. The van der Waals surface area contributed by atoms with E-state index < -0.39 is 6.16 Å². The summed E-state index contributed by atoms with van der Waals surface area (Å²) >= 11 is 0. The van der Waals surface area contributed by atoms with Gasteiger partial charge in [0.2, 0.25) is 0 Å². The van der Waals surface area contributed by atoms with E-state index in [1.165, 1.54) is 11.1 Å². The van der Waals surface area contributed by atoms with Gasteiger partial charge in [-0.1, -0.05) is 6.07 Å². The predicted octanol–water partition coefficient (Wildman–Crippen LogP) is 1.77. The Bertz CT molecular complexity index is 403. The van der Waals surface area contributed by atoms with E-state index in [1.807, 2.05) is 12.1 Å². The Morgan fingerprint density at radius 2 is 2.00 bits per heavy atom. The molecule has 0 radical (unpaired) electrons. The average molecular weight is 221 g/mol. The Kier molecular flexibility index (Phi) is 3.10. The molecule has 1 aromatic rings. The van der Waals surface area contributed by atoms with Gasteiger partial charge in [0, 0.05) is 13.1 Å². The number of nitrogens with zero attached hydrogens (tertiary/aromatic N) is 1. The molecule has 1 aliphatic rings. The highest BCUT2D eigenvalue weighted by Gasteiger charge is 2.12. The lowest BCUT2D eigenvalue weighted by Gasteiger charge is -2.10. The number of ether oxygens (including phenoxy) is 1. The number of rotatable bonds is 1. The molecule has 1 aliphatic heterocycles. The quantitative estimate of drug-likeness (QED) is 0.580. The molecule has 1 aromatic carbocycles. The molecule has 0 spiro atoms. The van der Waals surface area contributed by atoms with Crippen LogP contribution >= 0.6 is 0 Å². The molecule has 1 heterocycles. The van der Waals surface area contributed by atoms with Gasteiger partial charge < -0.3 is 14.7 Å². The van der Waals surface area contributed by atoms with Crippen molar-refractivity contribution in [3.8, 4) is 5.75 Å². The first-order valence-corrected chi connectivity index (χ1v) is 5.36. The standard InChI is InChI=1S/C12H15NO3/c1-13-6-4-9-2-3-11(16-12(14)15)8-10(9)5-7-13/h2-3,8H,4-7H2,1H3,(H,14,15). The largest absolute Gasteiger partial charge is 0.511 e. The van der Waals surface area contributed by atoms with Crippen LogP contribution in [0.25, 0.3) is 0 Å². The summed E-state index contributed by atoms with van der Waals surface area (Å²) in [5.74, 6) is 0.413. The molecule has 0 aliphatic carbocycles. The van der Waals surface area contributed by atoms with Crippen molar-refractivity contribution >= 4 is 6.16 Å². The number of hydrogen-bond acceptors (Lipinski definition) is 3. The molecule has 0 aromatic heterocycles. The highest BCUT2D eigenvalue weighted by Crippen LogP contribution is 2.21. The first-order valence-electron chi connectivity index (χ1n) is 5.36. The smallest absolute Gasteiger partial charge is 0.449 e. The van der Waals surface area contributed by atoms with Crippen LogP contribution in [0.5, 0.6) is 5.75 Å². The van der Waals surface area contributed by atoms with Gasteiger partial charge in [0.25, 0.3) is 0 Å². The molecule has 2 rings (SSSR count). The number of carboxylic acid groups (broad SMARTS) is 1. The summed E-state index contributed by atoms with van der Waals surface area (Å²) in [6.45, 7) is 2.05. The van der Waals surface area contributed by atoms with Crippen LogP contribution in [-0.2, 0) is 12.8 Å². The molecule has 0 atom stereocenters.